The summed E-state index contributed by atoms with van der Waals surface area (Å²) in [6, 6.07) is 0. The predicted molar refractivity (Wildman–Crippen MR) is 80.2 cm³/mol. The summed E-state index contributed by atoms with van der Waals surface area (Å²) in [6.07, 6.45) is 2.21. The number of nitrogens with one attached hydrogen (secondary N) is 1. The van der Waals surface area contributed by atoms with Crippen molar-refractivity contribution in [1.29, 1.82) is 0 Å². The topological polar surface area (TPSA) is 55.4 Å². The lowest BCUT2D eigenvalue weighted by molar-refractivity contribution is -0.890. The van der Waals surface area contributed by atoms with Gasteiger partial charge in [0.25, 0.3) is 0 Å². The van der Waals surface area contributed by atoms with Gasteiger partial charge in [0.15, 0.2) is 0 Å². The number of rotatable bonds is 10. The van der Waals surface area contributed by atoms with Gasteiger partial charge in [-0.1, -0.05) is 6.58 Å². The Morgan fingerprint density at radius 1 is 1.20 bits per heavy atom. The molecule has 0 atom stereocenters. The molecule has 0 rings (SSSR count). The zero-order valence-corrected chi connectivity index (χ0v) is 13.3. The third kappa shape index (κ3) is 9.55. The van der Waals surface area contributed by atoms with Crippen molar-refractivity contribution in [3.63, 3.8) is 0 Å². The van der Waals surface area contributed by atoms with E-state index in [1.165, 1.54) is 0 Å². The maximum absolute atomic E-state index is 11.3. The fourth-order valence-corrected chi connectivity index (χ4v) is 1.86. The van der Waals surface area contributed by atoms with E-state index in [4.69, 9.17) is 4.74 Å². The Bertz CT molecular complexity index is 338. The largest absolute Gasteiger partial charge is 0.466 e. The second kappa shape index (κ2) is 9.53. The van der Waals surface area contributed by atoms with Crippen LogP contribution in [0.4, 0.5) is 0 Å². The summed E-state index contributed by atoms with van der Waals surface area (Å²) >= 11 is 0. The first kappa shape index (κ1) is 18.6. The van der Waals surface area contributed by atoms with Crippen molar-refractivity contribution in [2.24, 2.45) is 0 Å². The summed E-state index contributed by atoms with van der Waals surface area (Å²) in [6.45, 7) is 10.1. The van der Waals surface area contributed by atoms with Crippen molar-refractivity contribution >= 4 is 11.9 Å². The molecule has 5 heteroatoms. The van der Waals surface area contributed by atoms with Gasteiger partial charge in [-0.2, -0.15) is 0 Å². The summed E-state index contributed by atoms with van der Waals surface area (Å²) in [7, 11) is 4.26. The molecule has 0 heterocycles. The first-order valence-corrected chi connectivity index (χ1v) is 7.20. The molecule has 1 amide bonds. The van der Waals surface area contributed by atoms with Gasteiger partial charge in [-0.25, -0.2) is 0 Å². The molecule has 1 N–H and O–H groups in total. The molecule has 0 aromatic heterocycles. The molecular formula is C15H29N2O3+. The predicted octanol–water partition coefficient (Wildman–Crippen LogP) is 1.49. The van der Waals surface area contributed by atoms with Crippen LogP contribution in [0.5, 0.6) is 0 Å². The van der Waals surface area contributed by atoms with Crippen molar-refractivity contribution in [3.8, 4) is 0 Å². The smallest absolute Gasteiger partial charge is 0.305 e. The molecule has 0 saturated heterocycles. The normalized spacial score (nSPS) is 11.0. The highest BCUT2D eigenvalue weighted by atomic mass is 16.5. The molecule has 0 aliphatic carbocycles. The van der Waals surface area contributed by atoms with Gasteiger partial charge in [0, 0.05) is 25.0 Å². The Morgan fingerprint density at radius 2 is 1.80 bits per heavy atom. The van der Waals surface area contributed by atoms with Crippen molar-refractivity contribution in [1.82, 2.24) is 5.32 Å². The van der Waals surface area contributed by atoms with Gasteiger partial charge >= 0.3 is 5.97 Å². The minimum Gasteiger partial charge on any atom is -0.466 e. The van der Waals surface area contributed by atoms with Crippen molar-refractivity contribution in [2.45, 2.75) is 33.1 Å². The second-order valence-corrected chi connectivity index (χ2v) is 5.68. The van der Waals surface area contributed by atoms with E-state index in [-0.39, 0.29) is 11.9 Å². The van der Waals surface area contributed by atoms with Gasteiger partial charge in [0.2, 0.25) is 5.91 Å². The minimum absolute atomic E-state index is 0.0855. The number of ether oxygens (including phenoxy) is 1. The summed E-state index contributed by atoms with van der Waals surface area (Å²) in [5.74, 6) is -0.209. The van der Waals surface area contributed by atoms with Crippen molar-refractivity contribution in [2.75, 3.05) is 40.3 Å². The molecule has 5 nitrogen and oxygen atoms in total. The maximum atomic E-state index is 11.3. The van der Waals surface area contributed by atoms with E-state index < -0.39 is 0 Å². The van der Waals surface area contributed by atoms with Crippen LogP contribution in [0.25, 0.3) is 0 Å². The molecule has 0 bridgehead atoms. The zero-order valence-electron chi connectivity index (χ0n) is 13.3. The van der Waals surface area contributed by atoms with E-state index in [9.17, 15) is 9.59 Å². The number of nitrogens with zero attached hydrogens (tertiary/aromatic N) is 1. The number of amides is 1. The fourth-order valence-electron chi connectivity index (χ4n) is 1.86. The average Bonchev–Trinajstić information content (AvgIpc) is 2.34. The third-order valence-electron chi connectivity index (χ3n) is 3.06. The van der Waals surface area contributed by atoms with E-state index >= 15 is 0 Å². The number of carbonyl (C=O) groups excluding carboxylic acids is 2. The Morgan fingerprint density at radius 3 is 2.35 bits per heavy atom. The Hall–Kier alpha value is -1.36. The van der Waals surface area contributed by atoms with Gasteiger partial charge in [-0.15, -0.1) is 0 Å². The Balaban J connectivity index is 3.76. The van der Waals surface area contributed by atoms with Crippen molar-refractivity contribution < 1.29 is 18.8 Å². The molecule has 0 aromatic rings. The molecule has 0 radical (unpaired) electrons. The van der Waals surface area contributed by atoms with E-state index in [0.717, 1.165) is 30.4 Å². The zero-order chi connectivity index (χ0) is 15.6. The Kier molecular flexibility index (Phi) is 8.88. The minimum atomic E-state index is -0.124. The summed E-state index contributed by atoms with van der Waals surface area (Å²) in [5.41, 5.74) is 0.535. The first-order valence-electron chi connectivity index (χ1n) is 7.20. The molecular weight excluding hydrogens is 256 g/mol. The Labute approximate surface area is 122 Å². The molecule has 0 aromatic carbocycles. The highest BCUT2D eigenvalue weighted by Crippen LogP contribution is 2.04. The number of carbonyl (C=O) groups is 2. The van der Waals surface area contributed by atoms with Crippen LogP contribution in [0.2, 0.25) is 0 Å². The number of esters is 1. The van der Waals surface area contributed by atoms with Gasteiger partial charge < -0.3 is 14.5 Å². The molecule has 20 heavy (non-hydrogen) atoms. The van der Waals surface area contributed by atoms with Crippen LogP contribution in [0.3, 0.4) is 0 Å². The SMILES string of the molecule is C=C(C)C(=O)NCCC[N+](C)(C)CCCC(=O)OCC. The van der Waals surface area contributed by atoms with Crippen LogP contribution in [0, 0.1) is 0 Å². The van der Waals surface area contributed by atoms with E-state index in [1.54, 1.807) is 6.92 Å². The average molecular weight is 285 g/mol. The highest BCUT2D eigenvalue weighted by molar-refractivity contribution is 5.91. The van der Waals surface area contributed by atoms with E-state index in [2.05, 4.69) is 26.0 Å². The van der Waals surface area contributed by atoms with E-state index in [0.29, 0.717) is 25.1 Å². The maximum Gasteiger partial charge on any atom is 0.305 e. The summed E-state index contributed by atoms with van der Waals surface area (Å²) in [4.78, 5) is 22.6. The number of quaternary nitrogens is 1. The third-order valence-corrected chi connectivity index (χ3v) is 3.06. The second-order valence-electron chi connectivity index (χ2n) is 5.68. The number of hydrogen-bond donors (Lipinski definition) is 1. The number of hydrogen-bond acceptors (Lipinski definition) is 3. The van der Waals surface area contributed by atoms with Gasteiger partial charge in [-0.3, -0.25) is 9.59 Å². The quantitative estimate of drug-likeness (QED) is 0.286. The first-order chi connectivity index (χ1) is 9.28. The molecule has 0 aliphatic heterocycles. The molecule has 0 fully saturated rings. The van der Waals surface area contributed by atoms with E-state index in [1.807, 2.05) is 6.92 Å². The van der Waals surface area contributed by atoms with Crippen LogP contribution in [-0.2, 0) is 14.3 Å². The van der Waals surface area contributed by atoms with Crippen LogP contribution in [-0.4, -0.2) is 56.7 Å². The monoisotopic (exact) mass is 285 g/mol. The summed E-state index contributed by atoms with van der Waals surface area (Å²) in [5, 5.41) is 2.82. The van der Waals surface area contributed by atoms with Gasteiger partial charge in [0.05, 0.1) is 40.2 Å². The van der Waals surface area contributed by atoms with Crippen LogP contribution < -0.4 is 5.32 Å². The standard InChI is InChI=1S/C15H28N2O3/c1-6-20-14(18)9-7-11-17(4,5)12-8-10-16-15(19)13(2)3/h2,6-12H2,1,3-5H3/p+1. The highest BCUT2D eigenvalue weighted by Gasteiger charge is 2.15. The van der Waals surface area contributed by atoms with Gasteiger partial charge in [-0.05, 0) is 13.8 Å². The molecule has 0 aliphatic rings. The lowest BCUT2D eigenvalue weighted by atomic mass is 10.2. The lowest BCUT2D eigenvalue weighted by Gasteiger charge is -2.29. The summed E-state index contributed by atoms with van der Waals surface area (Å²) < 4.78 is 5.74. The molecule has 0 unspecified atom stereocenters. The van der Waals surface area contributed by atoms with Crippen LogP contribution in [0.15, 0.2) is 12.2 Å². The fraction of sp³-hybridized carbons (Fsp3) is 0.733. The molecule has 0 spiro atoms. The molecule has 116 valence electrons. The lowest BCUT2D eigenvalue weighted by Crippen LogP contribution is -2.42. The van der Waals surface area contributed by atoms with Gasteiger partial charge in [0.1, 0.15) is 0 Å². The van der Waals surface area contributed by atoms with Crippen molar-refractivity contribution in [3.05, 3.63) is 12.2 Å². The van der Waals surface area contributed by atoms with Crippen LogP contribution >= 0.6 is 0 Å². The molecule has 0 saturated carbocycles. The van der Waals surface area contributed by atoms with Crippen LogP contribution in [0.1, 0.15) is 33.1 Å².